The molecular weight excluding hydrogens is 386 g/mol. The fourth-order valence-corrected chi connectivity index (χ4v) is 4.04. The van der Waals surface area contributed by atoms with Crippen LogP contribution in [0.15, 0.2) is 48.5 Å². The molecule has 2 heterocycles. The van der Waals surface area contributed by atoms with Crippen molar-refractivity contribution in [1.29, 1.82) is 0 Å². The molecule has 1 aliphatic carbocycles. The molecule has 5 rings (SSSR count). The highest BCUT2D eigenvalue weighted by Gasteiger charge is 2.34. The van der Waals surface area contributed by atoms with E-state index in [1.54, 1.807) is 4.68 Å². The van der Waals surface area contributed by atoms with Crippen LogP contribution in [0.2, 0.25) is 5.02 Å². The molecule has 1 aliphatic heterocycles. The minimum absolute atomic E-state index is 0.166. The zero-order chi connectivity index (χ0) is 20.0. The van der Waals surface area contributed by atoms with Gasteiger partial charge in [-0.15, -0.1) is 5.10 Å². The van der Waals surface area contributed by atoms with Gasteiger partial charge in [0, 0.05) is 31.2 Å². The van der Waals surface area contributed by atoms with E-state index in [0.717, 1.165) is 48.7 Å². The fraction of sp³-hybridized carbons (Fsp3) is 0.318. The van der Waals surface area contributed by atoms with Crippen molar-refractivity contribution in [1.82, 2.24) is 19.7 Å². The first-order valence-corrected chi connectivity index (χ1v) is 10.3. The molecule has 7 heteroatoms. The van der Waals surface area contributed by atoms with Crippen molar-refractivity contribution in [3.05, 3.63) is 70.8 Å². The smallest absolute Gasteiger partial charge is 0.298 e. The Balaban J connectivity index is 1.56. The van der Waals surface area contributed by atoms with E-state index >= 15 is 0 Å². The summed E-state index contributed by atoms with van der Waals surface area (Å²) in [7, 11) is 2.07. The molecule has 2 aliphatic rings. The van der Waals surface area contributed by atoms with Crippen LogP contribution < -0.4 is 4.90 Å². The third kappa shape index (κ3) is 3.43. The number of hydrogen-bond acceptors (Lipinski definition) is 4. The molecule has 0 atom stereocenters. The topological polar surface area (TPSA) is 54.3 Å². The Labute approximate surface area is 174 Å². The number of anilines is 1. The van der Waals surface area contributed by atoms with Gasteiger partial charge in [0.05, 0.1) is 10.7 Å². The van der Waals surface area contributed by atoms with Gasteiger partial charge in [0.15, 0.2) is 0 Å². The lowest BCUT2D eigenvalue weighted by Crippen LogP contribution is -2.35. The highest BCUT2D eigenvalue weighted by atomic mass is 35.5. The third-order valence-corrected chi connectivity index (χ3v) is 5.84. The third-order valence-electron chi connectivity index (χ3n) is 5.52. The summed E-state index contributed by atoms with van der Waals surface area (Å²) in [5, 5.41) is 5.21. The average Bonchev–Trinajstić information content (AvgIpc) is 3.50. The number of likely N-dealkylation sites (N-methyl/N-ethyl adjacent to an activating group) is 1. The van der Waals surface area contributed by atoms with E-state index in [1.165, 1.54) is 0 Å². The number of rotatable bonds is 3. The number of carbonyl (C=O) groups excluding carboxylic acids is 1. The Kier molecular flexibility index (Phi) is 4.60. The van der Waals surface area contributed by atoms with E-state index < -0.39 is 0 Å². The second-order valence-corrected chi connectivity index (χ2v) is 8.16. The summed E-state index contributed by atoms with van der Waals surface area (Å²) in [4.78, 5) is 22.2. The largest absolute Gasteiger partial charge is 0.304 e. The molecule has 1 amide bonds. The van der Waals surface area contributed by atoms with E-state index in [4.69, 9.17) is 11.6 Å². The molecule has 29 heavy (non-hydrogen) atoms. The second-order valence-electron chi connectivity index (χ2n) is 7.75. The van der Waals surface area contributed by atoms with Crippen molar-refractivity contribution in [3.8, 4) is 5.69 Å². The van der Waals surface area contributed by atoms with E-state index in [-0.39, 0.29) is 11.7 Å². The number of hydrogen-bond donors (Lipinski definition) is 0. The van der Waals surface area contributed by atoms with Crippen molar-refractivity contribution in [2.45, 2.75) is 25.3 Å². The lowest BCUT2D eigenvalue weighted by atomic mass is 10.1. The van der Waals surface area contributed by atoms with Gasteiger partial charge in [0.2, 0.25) is 5.82 Å². The maximum atomic E-state index is 13.5. The summed E-state index contributed by atoms with van der Waals surface area (Å²) in [6.45, 7) is 2.21. The van der Waals surface area contributed by atoms with Crippen molar-refractivity contribution < 1.29 is 4.79 Å². The van der Waals surface area contributed by atoms with Crippen LogP contribution in [0.3, 0.4) is 0 Å². The van der Waals surface area contributed by atoms with Crippen LogP contribution in [0.4, 0.5) is 5.69 Å². The number of aromatic nitrogens is 3. The maximum Gasteiger partial charge on any atom is 0.298 e. The normalized spacial score (nSPS) is 17.1. The van der Waals surface area contributed by atoms with E-state index in [1.807, 2.05) is 47.4 Å². The number of halogens is 1. The van der Waals surface area contributed by atoms with Crippen LogP contribution in [0.25, 0.3) is 5.69 Å². The summed E-state index contributed by atoms with van der Waals surface area (Å²) < 4.78 is 1.75. The van der Waals surface area contributed by atoms with Crippen molar-refractivity contribution >= 4 is 23.2 Å². The van der Waals surface area contributed by atoms with Gasteiger partial charge in [0.25, 0.3) is 5.91 Å². The molecule has 0 radical (unpaired) electrons. The molecule has 0 N–H and O–H groups in total. The lowest BCUT2D eigenvalue weighted by molar-refractivity contribution is 0.0976. The predicted molar refractivity (Wildman–Crippen MR) is 113 cm³/mol. The maximum absolute atomic E-state index is 13.5. The fourth-order valence-electron chi connectivity index (χ4n) is 3.82. The number of para-hydroxylation sites is 2. The summed E-state index contributed by atoms with van der Waals surface area (Å²) in [5.41, 5.74) is 2.83. The van der Waals surface area contributed by atoms with Gasteiger partial charge < -0.3 is 9.80 Å². The van der Waals surface area contributed by atoms with E-state index in [9.17, 15) is 4.79 Å². The molecule has 1 aromatic heterocycles. The highest BCUT2D eigenvalue weighted by molar-refractivity contribution is 6.32. The number of fused-ring (bicyclic) bond motifs is 1. The first-order chi connectivity index (χ1) is 14.1. The predicted octanol–water partition coefficient (Wildman–Crippen LogP) is 3.89. The first kappa shape index (κ1) is 18.3. The van der Waals surface area contributed by atoms with Gasteiger partial charge in [0.1, 0.15) is 5.82 Å². The second kappa shape index (κ2) is 7.28. The molecule has 0 unspecified atom stereocenters. The number of benzene rings is 2. The van der Waals surface area contributed by atoms with Gasteiger partial charge in [-0.3, -0.25) is 4.79 Å². The summed E-state index contributed by atoms with van der Waals surface area (Å²) in [6.07, 6.45) is 2.13. The molecule has 1 saturated carbocycles. The minimum Gasteiger partial charge on any atom is -0.304 e. The number of nitrogens with zero attached hydrogens (tertiary/aromatic N) is 5. The lowest BCUT2D eigenvalue weighted by Gasteiger charge is -2.21. The monoisotopic (exact) mass is 407 g/mol. The van der Waals surface area contributed by atoms with Crippen LogP contribution in [0, 0.1) is 0 Å². The number of amides is 1. The van der Waals surface area contributed by atoms with Crippen LogP contribution in [-0.4, -0.2) is 45.7 Å². The van der Waals surface area contributed by atoms with Crippen molar-refractivity contribution in [2.24, 2.45) is 0 Å². The molecule has 0 saturated heterocycles. The standard InChI is InChI=1S/C22H22ClN5O/c1-26-12-13-27(18-8-4-2-6-16(18)14-26)22(29)20-24-21(15-10-11-15)28(25-20)19-9-5-3-7-17(19)23/h2-9,15H,10-14H2,1H3. The molecule has 0 spiro atoms. The van der Waals surface area contributed by atoms with Crippen molar-refractivity contribution in [2.75, 3.05) is 25.0 Å². The SMILES string of the molecule is CN1CCN(C(=O)c2nc(C3CC3)n(-c3ccccc3Cl)n2)c2ccccc2C1. The van der Waals surface area contributed by atoms with Gasteiger partial charge in [-0.05, 0) is 43.7 Å². The van der Waals surface area contributed by atoms with E-state index in [0.29, 0.717) is 17.5 Å². The van der Waals surface area contributed by atoms with Crippen LogP contribution in [0.1, 0.15) is 40.8 Å². The molecule has 6 nitrogen and oxygen atoms in total. The Bertz CT molecular complexity index is 1070. The summed E-state index contributed by atoms with van der Waals surface area (Å²) >= 11 is 6.41. The van der Waals surface area contributed by atoms with Crippen molar-refractivity contribution in [3.63, 3.8) is 0 Å². The molecule has 0 bridgehead atoms. The van der Waals surface area contributed by atoms with Crippen LogP contribution in [0.5, 0.6) is 0 Å². The molecule has 148 valence electrons. The average molecular weight is 408 g/mol. The Morgan fingerprint density at radius 2 is 1.76 bits per heavy atom. The first-order valence-electron chi connectivity index (χ1n) is 9.92. The summed E-state index contributed by atoms with van der Waals surface area (Å²) in [5.74, 6) is 1.22. The molecule has 3 aromatic rings. The van der Waals surface area contributed by atoms with Crippen LogP contribution in [-0.2, 0) is 6.54 Å². The molecule has 1 fully saturated rings. The molecule has 2 aromatic carbocycles. The molecular formula is C22H22ClN5O. The quantitative estimate of drug-likeness (QED) is 0.661. The van der Waals surface area contributed by atoms with Gasteiger partial charge in [-0.1, -0.05) is 41.9 Å². The Hall–Kier alpha value is -2.70. The van der Waals surface area contributed by atoms with Crippen LogP contribution >= 0.6 is 11.6 Å². The zero-order valence-corrected chi connectivity index (χ0v) is 17.0. The van der Waals surface area contributed by atoms with Gasteiger partial charge in [-0.25, -0.2) is 9.67 Å². The van der Waals surface area contributed by atoms with Gasteiger partial charge in [-0.2, -0.15) is 0 Å². The Morgan fingerprint density at radius 3 is 2.52 bits per heavy atom. The van der Waals surface area contributed by atoms with E-state index in [2.05, 4.69) is 28.1 Å². The zero-order valence-electron chi connectivity index (χ0n) is 16.3. The minimum atomic E-state index is -0.166. The Morgan fingerprint density at radius 1 is 1.03 bits per heavy atom. The van der Waals surface area contributed by atoms with Gasteiger partial charge >= 0.3 is 0 Å². The summed E-state index contributed by atoms with van der Waals surface area (Å²) in [6, 6.07) is 15.6. The number of carbonyl (C=O) groups is 1. The highest BCUT2D eigenvalue weighted by Crippen LogP contribution is 2.40.